The molecule has 4 nitrogen and oxygen atoms in total. The van der Waals surface area contributed by atoms with Crippen LogP contribution in [0.3, 0.4) is 0 Å². The van der Waals surface area contributed by atoms with Crippen molar-refractivity contribution in [3.63, 3.8) is 0 Å². The van der Waals surface area contributed by atoms with Crippen molar-refractivity contribution in [2.75, 3.05) is 39.8 Å². The first-order chi connectivity index (χ1) is 9.89. The predicted octanol–water partition coefficient (Wildman–Crippen LogP) is 1.89. The number of nitrogens with zero attached hydrogens (tertiary/aromatic N) is 2. The number of rotatable bonds is 3. The van der Waals surface area contributed by atoms with Crippen molar-refractivity contribution in [3.05, 3.63) is 0 Å². The second kappa shape index (κ2) is 8.36. The lowest BCUT2D eigenvalue weighted by molar-refractivity contribution is -0.155. The van der Waals surface area contributed by atoms with Crippen LogP contribution < -0.4 is 5.32 Å². The van der Waals surface area contributed by atoms with Crippen LogP contribution in [0.25, 0.3) is 0 Å². The molecule has 0 spiro atoms. The highest BCUT2D eigenvalue weighted by molar-refractivity contribution is 5.85. The Morgan fingerprint density at radius 2 is 1.86 bits per heavy atom. The zero-order valence-corrected chi connectivity index (χ0v) is 13.7. The van der Waals surface area contributed by atoms with Crippen LogP contribution in [0.5, 0.6) is 0 Å². The maximum absolute atomic E-state index is 12.5. The van der Waals surface area contributed by atoms with Crippen LogP contribution in [-0.2, 0) is 4.79 Å². The van der Waals surface area contributed by atoms with Crippen LogP contribution in [-0.4, -0.2) is 67.7 Å². The Bertz CT molecular complexity index is 368. The Kier molecular flexibility index (Phi) is 7.41. The lowest BCUT2D eigenvalue weighted by atomic mass is 9.95. The third-order valence-corrected chi connectivity index (χ3v) is 4.40. The topological polar surface area (TPSA) is 35.6 Å². The lowest BCUT2D eigenvalue weighted by Gasteiger charge is -2.38. The van der Waals surface area contributed by atoms with E-state index in [1.54, 1.807) is 0 Å². The predicted molar refractivity (Wildman–Crippen MR) is 81.1 cm³/mol. The summed E-state index contributed by atoms with van der Waals surface area (Å²) in [4.78, 5) is 15.7. The van der Waals surface area contributed by atoms with Gasteiger partial charge in [-0.05, 0) is 39.3 Å². The van der Waals surface area contributed by atoms with Gasteiger partial charge in [0.15, 0.2) is 0 Å². The quantitative estimate of drug-likeness (QED) is 0.850. The normalized spacial score (nSPS) is 27.4. The highest BCUT2D eigenvalue weighted by atomic mass is 35.5. The molecule has 2 fully saturated rings. The Morgan fingerprint density at radius 1 is 1.18 bits per heavy atom. The minimum atomic E-state index is -4.19. The van der Waals surface area contributed by atoms with Gasteiger partial charge in [0.05, 0.1) is 12.5 Å². The molecule has 2 atom stereocenters. The number of carbonyl (C=O) groups is 1. The SMILES string of the molecule is CNC1CCCN(C(=O)C2CCCN(CC(F)(F)F)C2)C1.Cl. The van der Waals surface area contributed by atoms with Gasteiger partial charge in [-0.2, -0.15) is 13.2 Å². The van der Waals surface area contributed by atoms with Gasteiger partial charge in [-0.1, -0.05) is 0 Å². The van der Waals surface area contributed by atoms with Gasteiger partial charge in [-0.25, -0.2) is 0 Å². The smallest absolute Gasteiger partial charge is 0.341 e. The van der Waals surface area contributed by atoms with E-state index < -0.39 is 12.7 Å². The van der Waals surface area contributed by atoms with Gasteiger partial charge in [0.25, 0.3) is 0 Å². The fourth-order valence-electron chi connectivity index (χ4n) is 3.33. The van der Waals surface area contributed by atoms with Gasteiger partial charge in [-0.3, -0.25) is 9.69 Å². The Labute approximate surface area is 135 Å². The molecule has 2 unspecified atom stereocenters. The number of hydrogen-bond acceptors (Lipinski definition) is 3. The molecule has 0 saturated carbocycles. The van der Waals surface area contributed by atoms with E-state index in [-0.39, 0.29) is 30.8 Å². The van der Waals surface area contributed by atoms with Crippen molar-refractivity contribution in [1.82, 2.24) is 15.1 Å². The number of alkyl halides is 3. The maximum Gasteiger partial charge on any atom is 0.401 e. The molecule has 130 valence electrons. The molecule has 2 saturated heterocycles. The van der Waals surface area contributed by atoms with E-state index in [2.05, 4.69) is 5.32 Å². The molecule has 1 amide bonds. The highest BCUT2D eigenvalue weighted by Crippen LogP contribution is 2.24. The van der Waals surface area contributed by atoms with Crippen molar-refractivity contribution in [3.8, 4) is 0 Å². The van der Waals surface area contributed by atoms with Gasteiger partial charge >= 0.3 is 6.18 Å². The van der Waals surface area contributed by atoms with E-state index in [0.717, 1.165) is 19.4 Å². The van der Waals surface area contributed by atoms with Crippen LogP contribution in [0.1, 0.15) is 25.7 Å². The fraction of sp³-hybridized carbons (Fsp3) is 0.929. The average molecular weight is 344 g/mol. The van der Waals surface area contributed by atoms with E-state index >= 15 is 0 Å². The third-order valence-electron chi connectivity index (χ3n) is 4.40. The molecule has 1 N–H and O–H groups in total. The molecule has 8 heteroatoms. The number of amides is 1. The van der Waals surface area contributed by atoms with Gasteiger partial charge in [-0.15, -0.1) is 12.4 Å². The van der Waals surface area contributed by atoms with E-state index in [0.29, 0.717) is 32.0 Å². The lowest BCUT2D eigenvalue weighted by Crippen LogP contribution is -2.52. The van der Waals surface area contributed by atoms with Crippen LogP contribution in [0.15, 0.2) is 0 Å². The largest absolute Gasteiger partial charge is 0.401 e. The minimum absolute atomic E-state index is 0. The second-order valence-corrected chi connectivity index (χ2v) is 6.10. The summed E-state index contributed by atoms with van der Waals surface area (Å²) in [6, 6.07) is 0.303. The van der Waals surface area contributed by atoms with Crippen molar-refractivity contribution >= 4 is 18.3 Å². The van der Waals surface area contributed by atoms with Crippen molar-refractivity contribution < 1.29 is 18.0 Å². The monoisotopic (exact) mass is 343 g/mol. The summed E-state index contributed by atoms with van der Waals surface area (Å²) in [5, 5.41) is 3.18. The molecule has 0 aromatic heterocycles. The average Bonchev–Trinajstić information content (AvgIpc) is 2.45. The zero-order chi connectivity index (χ0) is 15.5. The Morgan fingerprint density at radius 3 is 2.50 bits per heavy atom. The van der Waals surface area contributed by atoms with Crippen molar-refractivity contribution in [2.24, 2.45) is 5.92 Å². The van der Waals surface area contributed by atoms with Crippen LogP contribution >= 0.6 is 12.4 Å². The van der Waals surface area contributed by atoms with E-state index in [9.17, 15) is 18.0 Å². The molecule has 22 heavy (non-hydrogen) atoms. The summed E-state index contributed by atoms with van der Waals surface area (Å²) < 4.78 is 37.4. The van der Waals surface area contributed by atoms with Gasteiger partial charge in [0, 0.05) is 25.7 Å². The van der Waals surface area contributed by atoms with Gasteiger partial charge in [0.2, 0.25) is 5.91 Å². The van der Waals surface area contributed by atoms with E-state index in [1.165, 1.54) is 4.90 Å². The van der Waals surface area contributed by atoms with Crippen molar-refractivity contribution in [2.45, 2.75) is 37.9 Å². The number of nitrogens with one attached hydrogen (secondary N) is 1. The summed E-state index contributed by atoms with van der Waals surface area (Å²) in [5.41, 5.74) is 0. The highest BCUT2D eigenvalue weighted by Gasteiger charge is 2.36. The summed E-state index contributed by atoms with van der Waals surface area (Å²) in [6.45, 7) is 1.16. The van der Waals surface area contributed by atoms with E-state index in [4.69, 9.17) is 0 Å². The molecular formula is C14H25ClF3N3O. The molecular weight excluding hydrogens is 319 g/mol. The van der Waals surface area contributed by atoms with Crippen LogP contribution in [0, 0.1) is 5.92 Å². The summed E-state index contributed by atoms with van der Waals surface area (Å²) in [7, 11) is 1.88. The molecule has 0 aromatic rings. The summed E-state index contributed by atoms with van der Waals surface area (Å²) in [5.74, 6) is -0.251. The number of likely N-dealkylation sites (N-methyl/N-ethyl adjacent to an activating group) is 1. The molecule has 2 aliphatic rings. The number of carbonyl (C=O) groups excluding carboxylic acids is 1. The van der Waals surface area contributed by atoms with Gasteiger partial charge < -0.3 is 10.2 Å². The zero-order valence-electron chi connectivity index (χ0n) is 12.9. The van der Waals surface area contributed by atoms with E-state index in [1.807, 2.05) is 11.9 Å². The molecule has 0 bridgehead atoms. The Hall–Kier alpha value is -0.530. The molecule has 2 rings (SSSR count). The number of hydrogen-bond donors (Lipinski definition) is 1. The third kappa shape index (κ3) is 5.59. The minimum Gasteiger partial charge on any atom is -0.341 e. The maximum atomic E-state index is 12.5. The molecule has 2 aliphatic heterocycles. The second-order valence-electron chi connectivity index (χ2n) is 6.10. The summed E-state index contributed by atoms with van der Waals surface area (Å²) in [6.07, 6.45) is -0.821. The first-order valence-electron chi connectivity index (χ1n) is 7.64. The molecule has 0 aromatic carbocycles. The molecule has 0 radical (unpaired) electrons. The number of piperidine rings is 2. The number of halogens is 4. The van der Waals surface area contributed by atoms with Crippen LogP contribution in [0.4, 0.5) is 13.2 Å². The standard InChI is InChI=1S/C14H24F3N3O.ClH/c1-18-12-5-3-7-20(9-12)13(21)11-4-2-6-19(8-11)10-14(15,16)17;/h11-12,18H,2-10H2,1H3;1H. The fourth-order valence-corrected chi connectivity index (χ4v) is 3.33. The molecule has 2 heterocycles. The first-order valence-corrected chi connectivity index (χ1v) is 7.64. The van der Waals surface area contributed by atoms with Gasteiger partial charge in [0.1, 0.15) is 0 Å². The summed E-state index contributed by atoms with van der Waals surface area (Å²) >= 11 is 0. The number of likely N-dealkylation sites (tertiary alicyclic amines) is 2. The van der Waals surface area contributed by atoms with Crippen LogP contribution in [0.2, 0.25) is 0 Å². The first kappa shape index (κ1) is 19.5. The van der Waals surface area contributed by atoms with Crippen molar-refractivity contribution in [1.29, 1.82) is 0 Å². The molecule has 0 aliphatic carbocycles. The Balaban J connectivity index is 0.00000242.